The lowest BCUT2D eigenvalue weighted by molar-refractivity contribution is 0.332. The van der Waals surface area contributed by atoms with E-state index in [0.29, 0.717) is 0 Å². The van der Waals surface area contributed by atoms with Gasteiger partial charge in [0.15, 0.2) is 0 Å². The lowest BCUT2D eigenvalue weighted by Gasteiger charge is -2.42. The van der Waals surface area contributed by atoms with E-state index in [2.05, 4.69) is 52.0 Å². The average Bonchev–Trinajstić information content (AvgIpc) is 2.51. The van der Waals surface area contributed by atoms with E-state index < -0.39 is 0 Å². The minimum atomic E-state index is 0.210. The van der Waals surface area contributed by atoms with E-state index in [4.69, 9.17) is 10.5 Å². The molecule has 2 heteroatoms. The molecule has 0 amide bonds. The first-order valence-corrected chi connectivity index (χ1v) is 8.33. The zero-order valence-corrected chi connectivity index (χ0v) is 14.9. The fourth-order valence-electron chi connectivity index (χ4n) is 3.69. The molecule has 3 rings (SSSR count). The zero-order valence-electron chi connectivity index (χ0n) is 14.9. The van der Waals surface area contributed by atoms with Gasteiger partial charge in [-0.05, 0) is 52.5 Å². The highest BCUT2D eigenvalue weighted by Gasteiger charge is 2.36. The van der Waals surface area contributed by atoms with E-state index in [1.807, 2.05) is 12.1 Å². The Morgan fingerprint density at radius 3 is 2.13 bits per heavy atom. The Kier molecular flexibility index (Phi) is 3.66. The molecule has 0 fully saturated rings. The van der Waals surface area contributed by atoms with Gasteiger partial charge in [-0.1, -0.05) is 45.9 Å². The van der Waals surface area contributed by atoms with Crippen LogP contribution in [0.1, 0.15) is 51.7 Å². The topological polar surface area (TPSA) is 35.2 Å². The monoisotopic (exact) mass is 309 g/mol. The lowest BCUT2D eigenvalue weighted by atomic mass is 9.63. The Labute approximate surface area is 139 Å². The van der Waals surface area contributed by atoms with Crippen LogP contribution in [-0.2, 0) is 10.8 Å². The highest BCUT2D eigenvalue weighted by molar-refractivity contribution is 5.78. The van der Waals surface area contributed by atoms with E-state index in [1.54, 1.807) is 7.11 Å². The second kappa shape index (κ2) is 5.30. The summed E-state index contributed by atoms with van der Waals surface area (Å²) in [6.07, 6.45) is 2.45. The molecule has 0 unspecified atom stereocenters. The molecule has 0 spiro atoms. The van der Waals surface area contributed by atoms with Crippen LogP contribution in [0.2, 0.25) is 0 Å². The molecule has 1 aliphatic carbocycles. The SMILES string of the molecule is COc1ccc(-c2ccc3c(c2)C(C)(C)CCC3(C)C)c(N)c1. The molecule has 23 heavy (non-hydrogen) atoms. The number of hydrogen-bond donors (Lipinski definition) is 1. The molecule has 2 N–H and O–H groups in total. The molecule has 1 aliphatic rings. The third-order valence-corrected chi connectivity index (χ3v) is 5.42. The van der Waals surface area contributed by atoms with Gasteiger partial charge in [0, 0.05) is 17.3 Å². The summed E-state index contributed by atoms with van der Waals surface area (Å²) in [5, 5.41) is 0. The summed E-state index contributed by atoms with van der Waals surface area (Å²) in [6.45, 7) is 9.40. The summed E-state index contributed by atoms with van der Waals surface area (Å²) in [4.78, 5) is 0. The molecule has 0 aromatic heterocycles. The molecule has 2 nitrogen and oxygen atoms in total. The lowest BCUT2D eigenvalue weighted by Crippen LogP contribution is -2.33. The Hall–Kier alpha value is -1.96. The summed E-state index contributed by atoms with van der Waals surface area (Å²) in [5.41, 5.74) is 12.7. The second-order valence-electron chi connectivity index (χ2n) is 7.98. The molecular formula is C21H27NO. The maximum absolute atomic E-state index is 6.25. The molecule has 0 saturated carbocycles. The van der Waals surface area contributed by atoms with Crippen LogP contribution >= 0.6 is 0 Å². The van der Waals surface area contributed by atoms with Crippen LogP contribution in [0.3, 0.4) is 0 Å². The first-order valence-electron chi connectivity index (χ1n) is 8.33. The molecule has 2 aromatic carbocycles. The maximum Gasteiger partial charge on any atom is 0.120 e. The molecule has 0 atom stereocenters. The summed E-state index contributed by atoms with van der Waals surface area (Å²) in [7, 11) is 1.66. The predicted molar refractivity (Wildman–Crippen MR) is 98.1 cm³/mol. The first-order chi connectivity index (χ1) is 10.7. The molecule has 122 valence electrons. The molecule has 0 bridgehead atoms. The number of anilines is 1. The molecule has 0 heterocycles. The van der Waals surface area contributed by atoms with Gasteiger partial charge >= 0.3 is 0 Å². The van der Waals surface area contributed by atoms with Crippen molar-refractivity contribution >= 4 is 5.69 Å². The van der Waals surface area contributed by atoms with Crippen molar-refractivity contribution in [1.29, 1.82) is 0 Å². The number of benzene rings is 2. The zero-order chi connectivity index (χ0) is 16.8. The first kappa shape index (κ1) is 15.9. The summed E-state index contributed by atoms with van der Waals surface area (Å²) in [5.74, 6) is 0.797. The van der Waals surface area contributed by atoms with Gasteiger partial charge in [-0.15, -0.1) is 0 Å². The molecular weight excluding hydrogens is 282 g/mol. The predicted octanol–water partition coefficient (Wildman–Crippen LogP) is 5.29. The van der Waals surface area contributed by atoms with E-state index in [0.717, 1.165) is 17.0 Å². The minimum absolute atomic E-state index is 0.210. The van der Waals surface area contributed by atoms with Crippen LogP contribution in [0, 0.1) is 0 Å². The van der Waals surface area contributed by atoms with Gasteiger partial charge in [0.05, 0.1) is 7.11 Å². The van der Waals surface area contributed by atoms with Crippen molar-refractivity contribution in [2.24, 2.45) is 0 Å². The van der Waals surface area contributed by atoms with Crippen LogP contribution in [-0.4, -0.2) is 7.11 Å². The Bertz CT molecular complexity index is 744. The smallest absolute Gasteiger partial charge is 0.120 e. The molecule has 0 aliphatic heterocycles. The number of hydrogen-bond acceptors (Lipinski definition) is 2. The Morgan fingerprint density at radius 1 is 0.870 bits per heavy atom. The van der Waals surface area contributed by atoms with E-state index >= 15 is 0 Å². The van der Waals surface area contributed by atoms with Gasteiger partial charge in [-0.3, -0.25) is 0 Å². The van der Waals surface area contributed by atoms with Gasteiger partial charge in [-0.2, -0.15) is 0 Å². The summed E-state index contributed by atoms with van der Waals surface area (Å²) in [6, 6.07) is 12.8. The van der Waals surface area contributed by atoms with Gasteiger partial charge in [-0.25, -0.2) is 0 Å². The van der Waals surface area contributed by atoms with Crippen molar-refractivity contribution in [1.82, 2.24) is 0 Å². The van der Waals surface area contributed by atoms with Gasteiger partial charge in [0.2, 0.25) is 0 Å². The molecule has 2 aromatic rings. The van der Waals surface area contributed by atoms with Gasteiger partial charge in [0.25, 0.3) is 0 Å². The Balaban J connectivity index is 2.14. The maximum atomic E-state index is 6.25. The van der Waals surface area contributed by atoms with Gasteiger partial charge in [0.1, 0.15) is 5.75 Å². The third-order valence-electron chi connectivity index (χ3n) is 5.42. The van der Waals surface area contributed by atoms with Crippen LogP contribution in [0.25, 0.3) is 11.1 Å². The summed E-state index contributed by atoms with van der Waals surface area (Å²) < 4.78 is 5.26. The summed E-state index contributed by atoms with van der Waals surface area (Å²) >= 11 is 0. The number of nitrogen functional groups attached to an aromatic ring is 1. The van der Waals surface area contributed by atoms with Crippen molar-refractivity contribution in [2.45, 2.75) is 51.4 Å². The normalized spacial score (nSPS) is 18.3. The van der Waals surface area contributed by atoms with E-state index in [9.17, 15) is 0 Å². The fourth-order valence-corrected chi connectivity index (χ4v) is 3.69. The second-order valence-corrected chi connectivity index (χ2v) is 7.98. The van der Waals surface area contributed by atoms with Crippen molar-refractivity contribution in [2.75, 3.05) is 12.8 Å². The molecule has 0 saturated heterocycles. The van der Waals surface area contributed by atoms with Crippen LogP contribution in [0.4, 0.5) is 5.69 Å². The number of fused-ring (bicyclic) bond motifs is 1. The largest absolute Gasteiger partial charge is 0.497 e. The number of nitrogens with two attached hydrogens (primary N) is 1. The highest BCUT2D eigenvalue weighted by Crippen LogP contribution is 2.47. The van der Waals surface area contributed by atoms with Crippen LogP contribution in [0.15, 0.2) is 36.4 Å². The number of ether oxygens (including phenoxy) is 1. The van der Waals surface area contributed by atoms with E-state index in [-0.39, 0.29) is 10.8 Å². The minimum Gasteiger partial charge on any atom is -0.497 e. The fraction of sp³-hybridized carbons (Fsp3) is 0.429. The van der Waals surface area contributed by atoms with Crippen molar-refractivity contribution in [3.63, 3.8) is 0 Å². The molecule has 0 radical (unpaired) electrons. The van der Waals surface area contributed by atoms with Gasteiger partial charge < -0.3 is 10.5 Å². The van der Waals surface area contributed by atoms with Crippen LogP contribution in [0.5, 0.6) is 5.75 Å². The van der Waals surface area contributed by atoms with E-state index in [1.165, 1.54) is 29.5 Å². The standard InChI is InChI=1S/C21H27NO/c1-20(2)10-11-21(3,4)18-12-14(6-9-17(18)20)16-8-7-15(23-5)13-19(16)22/h6-9,12-13H,10-11,22H2,1-5H3. The number of methoxy groups -OCH3 is 1. The quantitative estimate of drug-likeness (QED) is 0.765. The Morgan fingerprint density at radius 2 is 1.52 bits per heavy atom. The average molecular weight is 309 g/mol. The highest BCUT2D eigenvalue weighted by atomic mass is 16.5. The number of rotatable bonds is 2. The third kappa shape index (κ3) is 2.71. The van der Waals surface area contributed by atoms with Crippen LogP contribution < -0.4 is 10.5 Å². The van der Waals surface area contributed by atoms with Crippen molar-refractivity contribution in [3.8, 4) is 16.9 Å². The van der Waals surface area contributed by atoms with Crippen molar-refractivity contribution in [3.05, 3.63) is 47.5 Å². The van der Waals surface area contributed by atoms with Crippen molar-refractivity contribution < 1.29 is 4.74 Å².